The number of ether oxygens (including phenoxy) is 2. The van der Waals surface area contributed by atoms with Gasteiger partial charge in [0.2, 0.25) is 11.8 Å². The first kappa shape index (κ1) is 45.7. The van der Waals surface area contributed by atoms with E-state index in [4.69, 9.17) is 14.5 Å². The van der Waals surface area contributed by atoms with E-state index in [0.29, 0.717) is 49.9 Å². The zero-order valence-corrected chi connectivity index (χ0v) is 38.1. The Balaban J connectivity index is 1.25. The number of rotatable bonds is 18. The van der Waals surface area contributed by atoms with Crippen LogP contribution in [0.2, 0.25) is 0 Å². The van der Waals surface area contributed by atoms with Gasteiger partial charge in [0.15, 0.2) is 0 Å². The van der Waals surface area contributed by atoms with Crippen LogP contribution in [0, 0.1) is 29.1 Å². The predicted octanol–water partition coefficient (Wildman–Crippen LogP) is 5.65. The molecule has 63 heavy (non-hydrogen) atoms. The van der Waals surface area contributed by atoms with Crippen molar-refractivity contribution >= 4 is 35.1 Å². The molecule has 2 aromatic heterocycles. The number of phenols is 1. The van der Waals surface area contributed by atoms with Crippen molar-refractivity contribution in [2.24, 2.45) is 29.1 Å². The second-order valence-electron chi connectivity index (χ2n) is 18.8. The number of nitrogens with one attached hydrogen (secondary N) is 3. The number of pyridine rings is 1. The molecule has 2 aromatic carbocycles. The smallest absolute Gasteiger partial charge is 0.293 e. The van der Waals surface area contributed by atoms with Gasteiger partial charge in [-0.1, -0.05) is 39.8 Å². The molecule has 4 heterocycles. The van der Waals surface area contributed by atoms with Crippen molar-refractivity contribution in [1.29, 1.82) is 0 Å². The van der Waals surface area contributed by atoms with E-state index in [1.807, 2.05) is 39.0 Å². The second-order valence-corrected chi connectivity index (χ2v) is 18.8. The minimum atomic E-state index is -0.971. The highest BCUT2D eigenvalue weighted by molar-refractivity contribution is 5.96. The lowest BCUT2D eigenvalue weighted by Crippen LogP contribution is -2.59. The summed E-state index contributed by atoms with van der Waals surface area (Å²) in [5.41, 5.74) is 9.91. The fourth-order valence-electron chi connectivity index (χ4n) is 10.1. The number of nitrogens with zero attached hydrogens (tertiary/aromatic N) is 4. The van der Waals surface area contributed by atoms with E-state index >= 15 is 0 Å². The normalized spacial score (nSPS) is 20.0. The van der Waals surface area contributed by atoms with Crippen LogP contribution in [-0.4, -0.2) is 108 Å². The zero-order chi connectivity index (χ0) is 45.2. The SMILES string of the molecule is CCn1c(-c2cccnc2C(C)OC)c(CC(C)(C)COC=O)c2cc(-c3cc(O)cc(CC(NC(=O)C(C(C)C)N(C)C(=O)C4C5CNCC54)C(=O)N4CCCCN4)c3)ccc21. The van der Waals surface area contributed by atoms with Gasteiger partial charge in [0, 0.05) is 74.2 Å². The third-order valence-electron chi connectivity index (χ3n) is 13.3. The van der Waals surface area contributed by atoms with Crippen LogP contribution in [0.1, 0.15) is 77.3 Å². The van der Waals surface area contributed by atoms with Gasteiger partial charge in [-0.3, -0.25) is 29.2 Å². The van der Waals surface area contributed by atoms with Crippen LogP contribution in [0.15, 0.2) is 54.7 Å². The Morgan fingerprint density at radius 3 is 2.49 bits per heavy atom. The van der Waals surface area contributed by atoms with E-state index in [-0.39, 0.29) is 54.4 Å². The van der Waals surface area contributed by atoms with Crippen molar-refractivity contribution in [2.75, 3.05) is 46.9 Å². The van der Waals surface area contributed by atoms with Crippen molar-refractivity contribution in [1.82, 2.24) is 35.5 Å². The molecule has 0 bridgehead atoms. The molecule has 7 rings (SSSR count). The Labute approximate surface area is 371 Å². The summed E-state index contributed by atoms with van der Waals surface area (Å²) in [5, 5.41) is 20.3. The molecule has 4 aromatic rings. The molecular weight excluding hydrogens is 799 g/mol. The maximum absolute atomic E-state index is 14.3. The fraction of sp³-hybridized carbons (Fsp3) is 0.531. The molecule has 2 saturated heterocycles. The monoisotopic (exact) mass is 863 g/mol. The second kappa shape index (κ2) is 19.2. The van der Waals surface area contributed by atoms with Gasteiger partial charge in [0.05, 0.1) is 24.1 Å². The van der Waals surface area contributed by atoms with Crippen LogP contribution in [0.4, 0.5) is 0 Å². The minimum absolute atomic E-state index is 0.0247. The first-order chi connectivity index (χ1) is 30.2. The molecule has 0 spiro atoms. The van der Waals surface area contributed by atoms with Crippen molar-refractivity contribution in [3.05, 3.63) is 71.5 Å². The Bertz CT molecular complexity index is 2310. The van der Waals surface area contributed by atoms with Crippen LogP contribution in [0.25, 0.3) is 33.3 Å². The lowest BCUT2D eigenvalue weighted by atomic mass is 9.84. The molecule has 5 unspecified atom stereocenters. The summed E-state index contributed by atoms with van der Waals surface area (Å²) in [6, 6.07) is 13.8. The maximum atomic E-state index is 14.3. The molecule has 4 N–H and O–H groups in total. The molecule has 1 aliphatic carbocycles. The Morgan fingerprint density at radius 2 is 1.83 bits per heavy atom. The quantitative estimate of drug-likeness (QED) is 0.0919. The van der Waals surface area contributed by atoms with Gasteiger partial charge in [-0.15, -0.1) is 0 Å². The number of amides is 3. The van der Waals surface area contributed by atoms with E-state index in [2.05, 4.69) is 59.6 Å². The molecule has 14 nitrogen and oxygen atoms in total. The molecule has 5 atom stereocenters. The number of hydrazine groups is 1. The number of phenolic OH excluding ortho intramolecular Hbond substituents is 1. The molecule has 0 radical (unpaired) electrons. The number of hydrogen-bond donors (Lipinski definition) is 4. The number of aromatic nitrogens is 2. The summed E-state index contributed by atoms with van der Waals surface area (Å²) >= 11 is 0. The maximum Gasteiger partial charge on any atom is 0.293 e. The number of aromatic hydroxyl groups is 1. The highest BCUT2D eigenvalue weighted by atomic mass is 16.5. The topological polar surface area (TPSA) is 167 Å². The molecular formula is C49H65N7O7. The van der Waals surface area contributed by atoms with Gasteiger partial charge < -0.3 is 34.7 Å². The highest BCUT2D eigenvalue weighted by Gasteiger charge is 2.58. The van der Waals surface area contributed by atoms with Crippen molar-refractivity contribution in [3.8, 4) is 28.1 Å². The van der Waals surface area contributed by atoms with Crippen LogP contribution < -0.4 is 16.1 Å². The summed E-state index contributed by atoms with van der Waals surface area (Å²) in [5.74, 6) is -0.315. The lowest BCUT2D eigenvalue weighted by Gasteiger charge is -2.34. The summed E-state index contributed by atoms with van der Waals surface area (Å²) in [6.07, 6.45) is 3.97. The van der Waals surface area contributed by atoms with Crippen molar-refractivity contribution in [3.63, 3.8) is 0 Å². The van der Waals surface area contributed by atoms with Gasteiger partial charge in [-0.2, -0.15) is 0 Å². The van der Waals surface area contributed by atoms with Crippen molar-refractivity contribution < 1.29 is 33.8 Å². The summed E-state index contributed by atoms with van der Waals surface area (Å²) in [7, 11) is 3.38. The largest absolute Gasteiger partial charge is 0.508 e. The first-order valence-corrected chi connectivity index (χ1v) is 22.5. The van der Waals surface area contributed by atoms with Crippen LogP contribution >= 0.6 is 0 Å². The average Bonchev–Trinajstić information content (AvgIpc) is 3.57. The number of piperidine rings is 1. The zero-order valence-electron chi connectivity index (χ0n) is 38.1. The number of carbonyl (C=O) groups is 4. The van der Waals surface area contributed by atoms with E-state index in [0.717, 1.165) is 70.5 Å². The third kappa shape index (κ3) is 9.63. The number of hydrogen-bond acceptors (Lipinski definition) is 10. The summed E-state index contributed by atoms with van der Waals surface area (Å²) in [6.45, 7) is 16.3. The molecule has 1 saturated carbocycles. The van der Waals surface area contributed by atoms with Gasteiger partial charge in [0.25, 0.3) is 12.4 Å². The molecule has 3 aliphatic rings. The van der Waals surface area contributed by atoms with E-state index in [1.165, 1.54) is 0 Å². The lowest BCUT2D eigenvalue weighted by molar-refractivity contribution is -0.145. The first-order valence-electron chi connectivity index (χ1n) is 22.5. The average molecular weight is 864 g/mol. The number of benzene rings is 2. The number of carbonyl (C=O) groups excluding carboxylic acids is 4. The third-order valence-corrected chi connectivity index (χ3v) is 13.3. The number of likely N-dealkylation sites (N-methyl/N-ethyl adjacent to an activating group) is 1. The van der Waals surface area contributed by atoms with Crippen LogP contribution in [0.3, 0.4) is 0 Å². The fourth-order valence-corrected chi connectivity index (χ4v) is 10.1. The summed E-state index contributed by atoms with van der Waals surface area (Å²) in [4.78, 5) is 60.0. The molecule has 3 amide bonds. The number of aryl methyl sites for hydroxylation is 1. The highest BCUT2D eigenvalue weighted by Crippen LogP contribution is 2.50. The Morgan fingerprint density at radius 1 is 1.06 bits per heavy atom. The molecule has 14 heteroatoms. The minimum Gasteiger partial charge on any atom is -0.508 e. The standard InChI is InChI=1S/C49H65N7O7/c1-9-55-41-15-14-32(23-36(41)37(24-49(5,6)27-63-28-57)45(55)35-13-12-16-51-43(35)30(4)62-8)33-19-31(20-34(58)22-33)21-40(47(60)56-18-11-10-17-52-56)53-46(59)44(29(2)3)54(7)48(61)42-38-25-50-26-39(38)42/h12-16,19-20,22-23,28-30,38-40,42,44,50,52,58H,9-11,17-18,21,24-27H2,1-8H3,(H,53,59). The Hall–Kier alpha value is -5.31. The summed E-state index contributed by atoms with van der Waals surface area (Å²) < 4.78 is 13.4. The van der Waals surface area contributed by atoms with Crippen LogP contribution in [0.5, 0.6) is 5.75 Å². The molecule has 338 valence electrons. The van der Waals surface area contributed by atoms with Crippen molar-refractivity contribution in [2.45, 2.75) is 92.0 Å². The van der Waals surface area contributed by atoms with E-state index in [9.17, 15) is 24.3 Å². The molecule has 3 fully saturated rings. The van der Waals surface area contributed by atoms with Crippen LogP contribution in [-0.2, 0) is 48.0 Å². The number of methoxy groups -OCH3 is 1. The van der Waals surface area contributed by atoms with Gasteiger partial charge >= 0.3 is 0 Å². The van der Waals surface area contributed by atoms with Gasteiger partial charge in [-0.25, -0.2) is 5.43 Å². The van der Waals surface area contributed by atoms with Gasteiger partial charge in [0.1, 0.15) is 17.8 Å². The van der Waals surface area contributed by atoms with Gasteiger partial charge in [-0.05, 0) is 123 Å². The van der Waals surface area contributed by atoms with E-state index in [1.54, 1.807) is 42.4 Å². The predicted molar refractivity (Wildman–Crippen MR) is 242 cm³/mol. The molecule has 2 aliphatic heterocycles. The number of fused-ring (bicyclic) bond motifs is 2. The van der Waals surface area contributed by atoms with E-state index < -0.39 is 17.5 Å². The Kier molecular flexibility index (Phi) is 13.9.